The van der Waals surface area contributed by atoms with Gasteiger partial charge in [-0.05, 0) is 47.0 Å². The molecule has 10 heteroatoms. The van der Waals surface area contributed by atoms with Crippen LogP contribution >= 0.6 is 11.3 Å². The molecule has 0 unspecified atom stereocenters. The number of hydrogen-bond donors (Lipinski definition) is 2. The molecule has 0 atom stereocenters. The van der Waals surface area contributed by atoms with Gasteiger partial charge in [-0.2, -0.15) is 5.21 Å². The molecule has 0 aliphatic heterocycles. The van der Waals surface area contributed by atoms with Gasteiger partial charge in [0, 0.05) is 36.0 Å². The van der Waals surface area contributed by atoms with Gasteiger partial charge in [-0.15, -0.1) is 10.2 Å². The first-order valence-electron chi connectivity index (χ1n) is 13.0. The number of aromatic nitrogens is 6. The summed E-state index contributed by atoms with van der Waals surface area (Å²) >= 11 is 1.60. The summed E-state index contributed by atoms with van der Waals surface area (Å²) in [7, 11) is 0. The van der Waals surface area contributed by atoms with E-state index in [0.29, 0.717) is 18.3 Å². The van der Waals surface area contributed by atoms with E-state index in [9.17, 15) is 4.39 Å². The van der Waals surface area contributed by atoms with E-state index in [-0.39, 0.29) is 5.82 Å². The van der Waals surface area contributed by atoms with Crippen molar-refractivity contribution in [2.24, 2.45) is 5.92 Å². The number of halogens is 1. The fourth-order valence-electron chi connectivity index (χ4n) is 4.60. The number of H-pyrrole nitrogens is 1. The van der Waals surface area contributed by atoms with Crippen molar-refractivity contribution in [1.29, 1.82) is 0 Å². The van der Waals surface area contributed by atoms with Gasteiger partial charge < -0.3 is 10.2 Å². The minimum absolute atomic E-state index is 0.250. The standard InChI is InChI=1S/C30H27FN8S/c1-19(2)17-39(18-20-11-13-21(31)14-12-20)28-16-22(32-30-34-25-9-5-6-10-27(25)40-30)15-26(33-28)23-7-3-4-8-24(23)29-35-37-38-36-29/h3-16,19H,17-18H2,1-2H3,(H,32,33,34)(H,35,36,37,38). The number of thiazole rings is 1. The maximum absolute atomic E-state index is 13.6. The van der Waals surface area contributed by atoms with E-state index in [1.807, 2.05) is 66.7 Å². The highest BCUT2D eigenvalue weighted by Gasteiger charge is 2.18. The molecule has 0 amide bonds. The first-order valence-corrected chi connectivity index (χ1v) is 13.8. The molecule has 6 aromatic rings. The zero-order chi connectivity index (χ0) is 27.5. The van der Waals surface area contributed by atoms with Gasteiger partial charge >= 0.3 is 0 Å². The van der Waals surface area contributed by atoms with E-state index in [0.717, 1.165) is 55.8 Å². The summed E-state index contributed by atoms with van der Waals surface area (Å²) in [5.74, 6) is 1.41. The highest BCUT2D eigenvalue weighted by atomic mass is 32.1. The van der Waals surface area contributed by atoms with Crippen molar-refractivity contribution >= 4 is 38.2 Å². The van der Waals surface area contributed by atoms with Crippen molar-refractivity contribution in [1.82, 2.24) is 30.6 Å². The first kappa shape index (κ1) is 25.6. The van der Waals surface area contributed by atoms with Gasteiger partial charge in [0.15, 0.2) is 5.13 Å². The van der Waals surface area contributed by atoms with Crippen LogP contribution in [-0.2, 0) is 6.54 Å². The number of nitrogens with zero attached hydrogens (tertiary/aromatic N) is 6. The van der Waals surface area contributed by atoms with Gasteiger partial charge in [0.2, 0.25) is 5.82 Å². The van der Waals surface area contributed by atoms with Gasteiger partial charge in [-0.1, -0.05) is 73.7 Å². The van der Waals surface area contributed by atoms with Gasteiger partial charge in [0.05, 0.1) is 15.9 Å². The van der Waals surface area contributed by atoms with Crippen LogP contribution in [0.5, 0.6) is 0 Å². The van der Waals surface area contributed by atoms with Gasteiger partial charge in [0.1, 0.15) is 11.6 Å². The highest BCUT2D eigenvalue weighted by molar-refractivity contribution is 7.22. The van der Waals surface area contributed by atoms with E-state index in [4.69, 9.17) is 9.97 Å². The minimum Gasteiger partial charge on any atom is -0.352 e. The lowest BCUT2D eigenvalue weighted by Crippen LogP contribution is -2.28. The SMILES string of the molecule is CC(C)CN(Cc1ccc(F)cc1)c1cc(Nc2nc3ccccc3s2)cc(-c2ccccc2-c2nn[nH]n2)n1. The molecule has 0 radical (unpaired) electrons. The number of hydrogen-bond acceptors (Lipinski definition) is 8. The summed E-state index contributed by atoms with van der Waals surface area (Å²) in [6.45, 7) is 5.70. The van der Waals surface area contributed by atoms with Crippen molar-refractivity contribution in [2.45, 2.75) is 20.4 Å². The summed E-state index contributed by atoms with van der Waals surface area (Å²) in [6.07, 6.45) is 0. The number of benzene rings is 3. The number of aromatic amines is 1. The average molecular weight is 551 g/mol. The fourth-order valence-corrected chi connectivity index (χ4v) is 5.49. The first-order chi connectivity index (χ1) is 19.5. The summed E-state index contributed by atoms with van der Waals surface area (Å²) in [5.41, 5.74) is 5.26. The molecule has 3 heterocycles. The molecular formula is C30H27FN8S. The third kappa shape index (κ3) is 5.67. The molecule has 3 aromatic carbocycles. The molecule has 40 heavy (non-hydrogen) atoms. The van der Waals surface area contributed by atoms with Crippen LogP contribution in [0.25, 0.3) is 32.9 Å². The molecule has 0 fully saturated rings. The predicted molar refractivity (Wildman–Crippen MR) is 158 cm³/mol. The molecule has 8 nitrogen and oxygen atoms in total. The second-order valence-electron chi connectivity index (χ2n) is 9.89. The number of tetrazole rings is 1. The highest BCUT2D eigenvalue weighted by Crippen LogP contribution is 2.35. The van der Waals surface area contributed by atoms with Crippen LogP contribution in [0.3, 0.4) is 0 Å². The van der Waals surface area contributed by atoms with Crippen LogP contribution < -0.4 is 10.2 Å². The Bertz CT molecular complexity index is 1700. The number of anilines is 3. The molecule has 2 N–H and O–H groups in total. The van der Waals surface area contributed by atoms with Crippen LogP contribution in [0, 0.1) is 11.7 Å². The molecular weight excluding hydrogens is 523 g/mol. The maximum atomic E-state index is 13.6. The molecule has 200 valence electrons. The lowest BCUT2D eigenvalue weighted by Gasteiger charge is -2.27. The van der Waals surface area contributed by atoms with Crippen LogP contribution in [0.2, 0.25) is 0 Å². The van der Waals surface area contributed by atoms with E-state index in [1.54, 1.807) is 11.3 Å². The summed E-state index contributed by atoms with van der Waals surface area (Å²) in [6, 6.07) is 26.6. The lowest BCUT2D eigenvalue weighted by molar-refractivity contribution is 0.602. The van der Waals surface area contributed by atoms with Crippen molar-refractivity contribution in [3.63, 3.8) is 0 Å². The van der Waals surface area contributed by atoms with Crippen molar-refractivity contribution in [3.8, 4) is 22.6 Å². The molecule has 0 aliphatic carbocycles. The van der Waals surface area contributed by atoms with Crippen LogP contribution in [-0.4, -0.2) is 37.1 Å². The average Bonchev–Trinajstić information content (AvgIpc) is 3.63. The Morgan fingerprint density at radius 1 is 0.925 bits per heavy atom. The number of rotatable bonds is 9. The smallest absolute Gasteiger partial charge is 0.205 e. The molecule has 0 saturated carbocycles. The molecule has 6 rings (SSSR count). The van der Waals surface area contributed by atoms with E-state index < -0.39 is 0 Å². The van der Waals surface area contributed by atoms with E-state index in [1.165, 1.54) is 12.1 Å². The minimum atomic E-state index is -0.250. The summed E-state index contributed by atoms with van der Waals surface area (Å²) < 4.78 is 14.7. The van der Waals surface area contributed by atoms with Gasteiger partial charge in [-0.3, -0.25) is 0 Å². The molecule has 0 aliphatic rings. The fraction of sp³-hybridized carbons (Fsp3) is 0.167. The summed E-state index contributed by atoms with van der Waals surface area (Å²) in [4.78, 5) is 12.1. The van der Waals surface area contributed by atoms with Crippen molar-refractivity contribution in [3.05, 3.63) is 96.3 Å². The van der Waals surface area contributed by atoms with Gasteiger partial charge in [0.25, 0.3) is 0 Å². The topological polar surface area (TPSA) is 95.5 Å². The maximum Gasteiger partial charge on any atom is 0.205 e. The van der Waals surface area contributed by atoms with Crippen LogP contribution in [0.15, 0.2) is 84.9 Å². The second kappa shape index (κ2) is 11.2. The number of nitrogens with one attached hydrogen (secondary N) is 2. The zero-order valence-electron chi connectivity index (χ0n) is 22.0. The lowest BCUT2D eigenvalue weighted by atomic mass is 10.0. The number of para-hydroxylation sites is 1. The Labute approximate surface area is 234 Å². The largest absolute Gasteiger partial charge is 0.352 e. The van der Waals surface area contributed by atoms with E-state index in [2.05, 4.69) is 50.8 Å². The zero-order valence-corrected chi connectivity index (χ0v) is 22.9. The summed E-state index contributed by atoms with van der Waals surface area (Å²) in [5, 5.41) is 19.0. The third-order valence-electron chi connectivity index (χ3n) is 6.34. The quantitative estimate of drug-likeness (QED) is 0.199. The number of pyridine rings is 1. The van der Waals surface area contributed by atoms with Crippen LogP contribution in [0.1, 0.15) is 19.4 Å². The molecule has 3 aromatic heterocycles. The van der Waals surface area contributed by atoms with Gasteiger partial charge in [-0.25, -0.2) is 14.4 Å². The van der Waals surface area contributed by atoms with Crippen molar-refractivity contribution < 1.29 is 4.39 Å². The molecule has 0 saturated heterocycles. The normalized spacial score (nSPS) is 11.3. The Morgan fingerprint density at radius 2 is 1.70 bits per heavy atom. The second-order valence-corrected chi connectivity index (χ2v) is 10.9. The molecule has 0 spiro atoms. The third-order valence-corrected chi connectivity index (χ3v) is 7.29. The Balaban J connectivity index is 1.46. The predicted octanol–water partition coefficient (Wildman–Crippen LogP) is 7.08. The Kier molecular flexibility index (Phi) is 7.15. The monoisotopic (exact) mass is 550 g/mol. The van der Waals surface area contributed by atoms with E-state index >= 15 is 0 Å². The Morgan fingerprint density at radius 3 is 2.45 bits per heavy atom. The Hall–Kier alpha value is -4.70. The number of fused-ring (bicyclic) bond motifs is 1. The van der Waals surface area contributed by atoms with Crippen LogP contribution in [0.4, 0.5) is 21.0 Å². The van der Waals surface area contributed by atoms with Crippen molar-refractivity contribution in [2.75, 3.05) is 16.8 Å². The molecule has 0 bridgehead atoms.